The van der Waals surface area contributed by atoms with Gasteiger partial charge in [0.15, 0.2) is 0 Å². The van der Waals surface area contributed by atoms with Crippen molar-refractivity contribution in [2.45, 2.75) is 96.2 Å². The summed E-state index contributed by atoms with van der Waals surface area (Å²) >= 11 is 0. The first-order valence-corrected chi connectivity index (χ1v) is 7.79. The highest BCUT2D eigenvalue weighted by Gasteiger charge is 2.50. The Morgan fingerprint density at radius 1 is 0.882 bits per heavy atom. The van der Waals surface area contributed by atoms with Crippen LogP contribution < -0.4 is 0 Å². The van der Waals surface area contributed by atoms with E-state index < -0.39 is 0 Å². The van der Waals surface area contributed by atoms with Crippen molar-refractivity contribution in [2.75, 3.05) is 0 Å². The predicted molar refractivity (Wildman–Crippen MR) is 73.2 cm³/mol. The van der Waals surface area contributed by atoms with Gasteiger partial charge in [-0.05, 0) is 64.7 Å². The molecule has 1 aliphatic carbocycles. The van der Waals surface area contributed by atoms with Crippen LogP contribution in [-0.2, 0) is 0 Å². The van der Waals surface area contributed by atoms with Crippen LogP contribution in [-0.4, -0.2) is 22.5 Å². The van der Waals surface area contributed by atoms with Gasteiger partial charge in [0, 0.05) is 17.6 Å². The molecule has 0 amide bonds. The third-order valence-corrected chi connectivity index (χ3v) is 5.65. The zero-order valence-electron chi connectivity index (χ0n) is 12.0. The van der Waals surface area contributed by atoms with Gasteiger partial charge in [0.05, 0.1) is 0 Å². The summed E-state index contributed by atoms with van der Waals surface area (Å²) in [5.74, 6) is 0. The van der Waals surface area contributed by atoms with Crippen molar-refractivity contribution in [1.82, 2.24) is 4.90 Å². The Morgan fingerprint density at radius 2 is 1.41 bits per heavy atom. The monoisotopic (exact) mass is 235 g/mol. The molecule has 98 valence electrons. The number of hydrogen-bond acceptors (Lipinski definition) is 1. The molecule has 3 rings (SSSR count). The molecule has 2 atom stereocenters. The molecule has 2 aliphatic heterocycles. The molecule has 2 heterocycles. The van der Waals surface area contributed by atoms with E-state index in [0.717, 1.165) is 17.5 Å². The summed E-state index contributed by atoms with van der Waals surface area (Å²) in [4.78, 5) is 2.87. The normalized spacial score (nSPS) is 37.6. The van der Waals surface area contributed by atoms with Crippen molar-refractivity contribution in [1.29, 1.82) is 0 Å². The zero-order valence-corrected chi connectivity index (χ0v) is 12.0. The third-order valence-electron chi connectivity index (χ3n) is 5.65. The Balaban J connectivity index is 1.78. The molecule has 1 nitrogen and oxygen atoms in total. The van der Waals surface area contributed by atoms with E-state index in [1.165, 1.54) is 57.8 Å². The maximum atomic E-state index is 2.87. The molecule has 0 radical (unpaired) electrons. The topological polar surface area (TPSA) is 3.24 Å². The van der Waals surface area contributed by atoms with Crippen molar-refractivity contribution in [2.24, 2.45) is 5.41 Å². The minimum absolute atomic E-state index is 0.391. The van der Waals surface area contributed by atoms with E-state index in [1.54, 1.807) is 0 Å². The summed E-state index contributed by atoms with van der Waals surface area (Å²) in [7, 11) is 0. The van der Waals surface area contributed by atoms with Gasteiger partial charge in [-0.3, -0.25) is 4.90 Å². The summed E-state index contributed by atoms with van der Waals surface area (Å²) in [6, 6.07) is 1.82. The Bertz CT molecular complexity index is 266. The van der Waals surface area contributed by atoms with Crippen LogP contribution in [0.5, 0.6) is 0 Å². The Kier molecular flexibility index (Phi) is 2.81. The molecule has 2 unspecified atom stereocenters. The molecule has 0 aromatic rings. The van der Waals surface area contributed by atoms with Crippen LogP contribution in [0.2, 0.25) is 0 Å². The maximum absolute atomic E-state index is 2.87. The van der Waals surface area contributed by atoms with Gasteiger partial charge in [-0.1, -0.05) is 19.3 Å². The fourth-order valence-electron chi connectivity index (χ4n) is 5.25. The lowest BCUT2D eigenvalue weighted by Crippen LogP contribution is -2.55. The van der Waals surface area contributed by atoms with Crippen LogP contribution in [0.1, 0.15) is 78.6 Å². The number of hydrogen-bond donors (Lipinski definition) is 0. The molecule has 2 saturated heterocycles. The van der Waals surface area contributed by atoms with Crippen LogP contribution >= 0.6 is 0 Å². The van der Waals surface area contributed by atoms with Crippen LogP contribution in [0, 0.1) is 5.41 Å². The van der Waals surface area contributed by atoms with E-state index in [0.29, 0.717) is 5.54 Å². The van der Waals surface area contributed by atoms with E-state index in [2.05, 4.69) is 25.7 Å². The summed E-state index contributed by atoms with van der Waals surface area (Å²) in [5.41, 5.74) is 1.16. The molecule has 3 fully saturated rings. The van der Waals surface area contributed by atoms with Gasteiger partial charge in [-0.15, -0.1) is 0 Å². The highest BCUT2D eigenvalue weighted by molar-refractivity contribution is 5.05. The molecule has 0 aromatic heterocycles. The lowest BCUT2D eigenvalue weighted by molar-refractivity contribution is -0.0310. The van der Waals surface area contributed by atoms with Gasteiger partial charge in [0.1, 0.15) is 0 Å². The van der Waals surface area contributed by atoms with Crippen molar-refractivity contribution in [3.63, 3.8) is 0 Å². The minimum Gasteiger partial charge on any atom is -0.293 e. The molecular formula is C16H29N. The van der Waals surface area contributed by atoms with Crippen molar-refractivity contribution < 1.29 is 0 Å². The van der Waals surface area contributed by atoms with E-state index in [9.17, 15) is 0 Å². The van der Waals surface area contributed by atoms with Gasteiger partial charge in [0.25, 0.3) is 0 Å². The van der Waals surface area contributed by atoms with Gasteiger partial charge < -0.3 is 0 Å². The fraction of sp³-hybridized carbons (Fsp3) is 1.00. The average molecular weight is 235 g/mol. The summed E-state index contributed by atoms with van der Waals surface area (Å²) in [5, 5.41) is 0. The molecule has 0 aromatic carbocycles. The van der Waals surface area contributed by atoms with Crippen LogP contribution in [0.3, 0.4) is 0 Å². The quantitative estimate of drug-likeness (QED) is 0.603. The first-order valence-electron chi connectivity index (χ1n) is 7.79. The molecule has 1 heteroatoms. The summed E-state index contributed by atoms with van der Waals surface area (Å²) < 4.78 is 0. The van der Waals surface area contributed by atoms with Crippen molar-refractivity contribution in [3.8, 4) is 0 Å². The van der Waals surface area contributed by atoms with Crippen molar-refractivity contribution >= 4 is 0 Å². The standard InChI is InChI=1S/C16H29N/c1-15(2,3)17-13-7-8-14(17)12-16(11-13)9-5-4-6-10-16/h13-14H,4-12H2,1-3H3. The maximum Gasteiger partial charge on any atom is 0.0130 e. The summed E-state index contributed by atoms with van der Waals surface area (Å²) in [6.45, 7) is 7.24. The molecule has 2 bridgehead atoms. The number of piperidine rings is 1. The first kappa shape index (κ1) is 12.0. The molecule has 1 spiro atoms. The number of fused-ring (bicyclic) bond motifs is 2. The Labute approximate surface area is 107 Å². The van der Waals surface area contributed by atoms with E-state index in [-0.39, 0.29) is 0 Å². The van der Waals surface area contributed by atoms with Crippen LogP contribution in [0.25, 0.3) is 0 Å². The van der Waals surface area contributed by atoms with E-state index >= 15 is 0 Å². The number of nitrogens with zero attached hydrogens (tertiary/aromatic N) is 1. The molecule has 0 N–H and O–H groups in total. The second-order valence-electron chi connectivity index (χ2n) is 7.93. The second kappa shape index (κ2) is 3.98. The zero-order chi connectivity index (χ0) is 12.1. The smallest absolute Gasteiger partial charge is 0.0130 e. The van der Waals surface area contributed by atoms with Gasteiger partial charge in [-0.2, -0.15) is 0 Å². The highest BCUT2D eigenvalue weighted by Crippen LogP contribution is 2.54. The Morgan fingerprint density at radius 3 is 1.88 bits per heavy atom. The third kappa shape index (κ3) is 2.05. The van der Waals surface area contributed by atoms with Crippen molar-refractivity contribution in [3.05, 3.63) is 0 Å². The SMILES string of the molecule is CC(C)(C)N1C2CCC1CC1(CCCCC1)C2. The minimum atomic E-state index is 0.391. The second-order valence-corrected chi connectivity index (χ2v) is 7.93. The van der Waals surface area contributed by atoms with Gasteiger partial charge in [-0.25, -0.2) is 0 Å². The van der Waals surface area contributed by atoms with Crippen LogP contribution in [0.4, 0.5) is 0 Å². The largest absolute Gasteiger partial charge is 0.293 e. The van der Waals surface area contributed by atoms with Crippen LogP contribution in [0.15, 0.2) is 0 Å². The van der Waals surface area contributed by atoms with Gasteiger partial charge >= 0.3 is 0 Å². The number of rotatable bonds is 0. The molecular weight excluding hydrogens is 206 g/mol. The lowest BCUT2D eigenvalue weighted by Gasteiger charge is -2.53. The summed E-state index contributed by atoms with van der Waals surface area (Å²) in [6.07, 6.45) is 13.6. The van der Waals surface area contributed by atoms with Gasteiger partial charge in [0.2, 0.25) is 0 Å². The average Bonchev–Trinajstić information content (AvgIpc) is 2.54. The molecule has 17 heavy (non-hydrogen) atoms. The van der Waals surface area contributed by atoms with E-state index in [4.69, 9.17) is 0 Å². The predicted octanol–water partition coefficient (Wildman–Crippen LogP) is 4.36. The highest BCUT2D eigenvalue weighted by atomic mass is 15.3. The molecule has 1 saturated carbocycles. The van der Waals surface area contributed by atoms with E-state index in [1.807, 2.05) is 0 Å². The lowest BCUT2D eigenvalue weighted by atomic mass is 9.65. The first-order chi connectivity index (χ1) is 8.00. The fourth-order valence-corrected chi connectivity index (χ4v) is 5.25. The Hall–Kier alpha value is -0.0400. The molecule has 3 aliphatic rings.